The van der Waals surface area contributed by atoms with Crippen LogP contribution in [0.5, 0.6) is 0 Å². The number of hydrogen-bond donors (Lipinski definition) is 1. The van der Waals surface area contributed by atoms with Gasteiger partial charge in [-0.05, 0) is 36.0 Å². The molecule has 0 saturated heterocycles. The summed E-state index contributed by atoms with van der Waals surface area (Å²) in [6.07, 6.45) is 5.00. The van der Waals surface area contributed by atoms with Crippen molar-refractivity contribution in [2.75, 3.05) is 0 Å². The van der Waals surface area contributed by atoms with E-state index in [0.29, 0.717) is 5.92 Å². The van der Waals surface area contributed by atoms with Crippen LogP contribution in [-0.2, 0) is 6.42 Å². The third-order valence-corrected chi connectivity index (χ3v) is 2.38. The molecule has 2 nitrogen and oxygen atoms in total. The molecule has 1 N–H and O–H groups in total. The molecule has 78 valence electrons. The molecule has 1 aromatic heterocycles. The Kier molecular flexibility index (Phi) is 4.08. The first kappa shape index (κ1) is 11.2. The Bertz CT molecular complexity index is 283. The fourth-order valence-electron chi connectivity index (χ4n) is 1.63. The Labute approximate surface area is 86.0 Å². The Morgan fingerprint density at radius 1 is 1.43 bits per heavy atom. The van der Waals surface area contributed by atoms with Crippen molar-refractivity contribution in [2.45, 2.75) is 39.7 Å². The van der Waals surface area contributed by atoms with Crippen LogP contribution in [0.15, 0.2) is 18.5 Å². The van der Waals surface area contributed by atoms with Gasteiger partial charge in [0.15, 0.2) is 0 Å². The summed E-state index contributed by atoms with van der Waals surface area (Å²) >= 11 is 0. The van der Waals surface area contributed by atoms with Gasteiger partial charge in [0.05, 0.1) is 6.10 Å². The molecule has 1 heterocycles. The maximum absolute atomic E-state index is 9.98. The minimum Gasteiger partial charge on any atom is -0.388 e. The predicted molar refractivity (Wildman–Crippen MR) is 58.0 cm³/mol. The second kappa shape index (κ2) is 5.11. The van der Waals surface area contributed by atoms with Gasteiger partial charge in [-0.2, -0.15) is 0 Å². The molecular formula is C12H19NO. The highest BCUT2D eigenvalue weighted by molar-refractivity contribution is 5.25. The number of nitrogens with zero attached hydrogens (tertiary/aromatic N) is 1. The van der Waals surface area contributed by atoms with Gasteiger partial charge in [-0.1, -0.05) is 20.8 Å². The minimum atomic E-state index is -0.340. The molecule has 1 rings (SSSR count). The lowest BCUT2D eigenvalue weighted by molar-refractivity contribution is 0.150. The summed E-state index contributed by atoms with van der Waals surface area (Å²) in [5.74, 6) is 0.517. The van der Waals surface area contributed by atoms with Gasteiger partial charge in [-0.25, -0.2) is 0 Å². The number of pyridine rings is 1. The molecule has 0 aliphatic carbocycles. The van der Waals surface area contributed by atoms with Crippen LogP contribution in [0, 0.1) is 5.92 Å². The van der Waals surface area contributed by atoms with E-state index in [-0.39, 0.29) is 6.10 Å². The average Bonchev–Trinajstić information content (AvgIpc) is 2.16. The maximum Gasteiger partial charge on any atom is 0.0796 e. The molecular weight excluding hydrogens is 174 g/mol. The standard InChI is InChI=1S/C12H19NO/c1-4-10-8-13-6-5-11(10)12(14)7-9(2)3/h5-6,8-9,12,14H,4,7H2,1-3H3. The Morgan fingerprint density at radius 2 is 2.14 bits per heavy atom. The summed E-state index contributed by atoms with van der Waals surface area (Å²) < 4.78 is 0. The number of rotatable bonds is 4. The molecule has 0 fully saturated rings. The summed E-state index contributed by atoms with van der Waals surface area (Å²) in [5.41, 5.74) is 2.19. The van der Waals surface area contributed by atoms with Gasteiger partial charge in [0, 0.05) is 12.4 Å². The van der Waals surface area contributed by atoms with E-state index in [9.17, 15) is 5.11 Å². The molecule has 0 radical (unpaired) electrons. The topological polar surface area (TPSA) is 33.1 Å². The van der Waals surface area contributed by atoms with E-state index in [1.165, 1.54) is 0 Å². The van der Waals surface area contributed by atoms with Gasteiger partial charge in [0.25, 0.3) is 0 Å². The van der Waals surface area contributed by atoms with E-state index in [0.717, 1.165) is 24.0 Å². The van der Waals surface area contributed by atoms with Crippen LogP contribution in [0.3, 0.4) is 0 Å². The first-order valence-corrected chi connectivity index (χ1v) is 5.26. The van der Waals surface area contributed by atoms with E-state index >= 15 is 0 Å². The second-order valence-electron chi connectivity index (χ2n) is 4.07. The van der Waals surface area contributed by atoms with Crippen molar-refractivity contribution in [3.8, 4) is 0 Å². The zero-order chi connectivity index (χ0) is 10.6. The molecule has 0 bridgehead atoms. The monoisotopic (exact) mass is 193 g/mol. The molecule has 1 aromatic rings. The summed E-state index contributed by atoms with van der Waals surface area (Å²) in [7, 11) is 0. The largest absolute Gasteiger partial charge is 0.388 e. The minimum absolute atomic E-state index is 0.340. The van der Waals surface area contributed by atoms with Crippen molar-refractivity contribution in [1.82, 2.24) is 4.98 Å². The van der Waals surface area contributed by atoms with Crippen LogP contribution in [0.4, 0.5) is 0 Å². The molecule has 1 unspecified atom stereocenters. The Balaban J connectivity index is 2.82. The normalized spacial score (nSPS) is 13.2. The van der Waals surface area contributed by atoms with Crippen LogP contribution >= 0.6 is 0 Å². The van der Waals surface area contributed by atoms with Gasteiger partial charge in [0.1, 0.15) is 0 Å². The lowest BCUT2D eigenvalue weighted by Crippen LogP contribution is -2.05. The van der Waals surface area contributed by atoms with Gasteiger partial charge in [0.2, 0.25) is 0 Å². The van der Waals surface area contributed by atoms with Crippen molar-refractivity contribution in [2.24, 2.45) is 5.92 Å². The highest BCUT2D eigenvalue weighted by atomic mass is 16.3. The Hall–Kier alpha value is -0.890. The molecule has 0 saturated carbocycles. The summed E-state index contributed by atoms with van der Waals surface area (Å²) in [4.78, 5) is 4.07. The smallest absolute Gasteiger partial charge is 0.0796 e. The van der Waals surface area contributed by atoms with Crippen LogP contribution in [0.2, 0.25) is 0 Å². The number of aliphatic hydroxyl groups is 1. The third-order valence-electron chi connectivity index (χ3n) is 2.38. The van der Waals surface area contributed by atoms with Crippen molar-refractivity contribution >= 4 is 0 Å². The number of aliphatic hydroxyl groups excluding tert-OH is 1. The average molecular weight is 193 g/mol. The highest BCUT2D eigenvalue weighted by Gasteiger charge is 2.12. The molecule has 0 spiro atoms. The van der Waals surface area contributed by atoms with Crippen molar-refractivity contribution in [3.63, 3.8) is 0 Å². The Morgan fingerprint density at radius 3 is 2.71 bits per heavy atom. The molecule has 0 aromatic carbocycles. The first-order chi connectivity index (χ1) is 6.65. The van der Waals surface area contributed by atoms with Crippen LogP contribution in [-0.4, -0.2) is 10.1 Å². The second-order valence-corrected chi connectivity index (χ2v) is 4.07. The van der Waals surface area contributed by atoms with Crippen LogP contribution < -0.4 is 0 Å². The fourth-order valence-corrected chi connectivity index (χ4v) is 1.63. The predicted octanol–water partition coefficient (Wildman–Crippen LogP) is 2.72. The lowest BCUT2D eigenvalue weighted by Gasteiger charge is -2.16. The van der Waals surface area contributed by atoms with Gasteiger partial charge in [-0.15, -0.1) is 0 Å². The summed E-state index contributed by atoms with van der Waals surface area (Å²) in [6.45, 7) is 6.33. The summed E-state index contributed by atoms with van der Waals surface area (Å²) in [5, 5.41) is 9.98. The number of hydrogen-bond acceptors (Lipinski definition) is 2. The van der Waals surface area contributed by atoms with Crippen LogP contribution in [0.1, 0.15) is 44.4 Å². The van der Waals surface area contributed by atoms with Crippen molar-refractivity contribution in [1.29, 1.82) is 0 Å². The molecule has 0 amide bonds. The van der Waals surface area contributed by atoms with Gasteiger partial charge >= 0.3 is 0 Å². The zero-order valence-corrected chi connectivity index (χ0v) is 9.20. The van der Waals surface area contributed by atoms with E-state index in [2.05, 4.69) is 25.8 Å². The van der Waals surface area contributed by atoms with Gasteiger partial charge < -0.3 is 5.11 Å². The zero-order valence-electron chi connectivity index (χ0n) is 9.20. The van der Waals surface area contributed by atoms with Gasteiger partial charge in [-0.3, -0.25) is 4.98 Å². The maximum atomic E-state index is 9.98. The van der Waals surface area contributed by atoms with Crippen LogP contribution in [0.25, 0.3) is 0 Å². The first-order valence-electron chi connectivity index (χ1n) is 5.26. The highest BCUT2D eigenvalue weighted by Crippen LogP contribution is 2.23. The summed E-state index contributed by atoms with van der Waals surface area (Å²) in [6, 6.07) is 1.92. The van der Waals surface area contributed by atoms with E-state index in [1.54, 1.807) is 6.20 Å². The van der Waals surface area contributed by atoms with E-state index in [4.69, 9.17) is 0 Å². The number of aryl methyl sites for hydroxylation is 1. The SMILES string of the molecule is CCc1cnccc1C(O)CC(C)C. The lowest BCUT2D eigenvalue weighted by atomic mass is 9.96. The number of aromatic nitrogens is 1. The van der Waals surface area contributed by atoms with Crippen molar-refractivity contribution in [3.05, 3.63) is 29.6 Å². The quantitative estimate of drug-likeness (QED) is 0.797. The molecule has 1 atom stereocenters. The third kappa shape index (κ3) is 2.81. The van der Waals surface area contributed by atoms with E-state index < -0.39 is 0 Å². The molecule has 0 aliphatic heterocycles. The fraction of sp³-hybridized carbons (Fsp3) is 0.583. The molecule has 14 heavy (non-hydrogen) atoms. The molecule has 0 aliphatic rings. The van der Waals surface area contributed by atoms with Crippen molar-refractivity contribution < 1.29 is 5.11 Å². The van der Waals surface area contributed by atoms with E-state index in [1.807, 2.05) is 12.3 Å². The molecule has 2 heteroatoms.